The Kier molecular flexibility index (Phi) is 69.2. The summed E-state index contributed by atoms with van der Waals surface area (Å²) in [6.07, 6.45) is 95.1. The number of nitrogens with zero attached hydrogens (tertiary/aromatic N) is 1. The molecule has 0 spiro atoms. The second-order valence-corrected chi connectivity index (χ2v) is 29.2. The standard InChI is InChI=1S/C80H150NO8P/c1-6-8-10-12-14-16-18-20-22-24-26-28-30-32-34-36-38-40-42-44-46-48-50-52-54-56-58-60-62-64-66-68-70-72-79(82)86-76-78(77-88-90(84,85)87-75-74-81(3,4)5)89-80(83)73-71-69-67-65-63-61-59-57-55-53-51-49-47-45-43-41-39-37-35-33-31-29-27-25-23-21-19-17-15-13-11-9-7-2/h9,11,15,17,21,23-24,26-27,29,78H,6-8,10,12-14,16,18-20,22,25,28,30-77H2,1-5H3/p+1/b11-9-,17-15-,23-21-,26-24-,29-27-. The Morgan fingerprint density at radius 1 is 0.356 bits per heavy atom. The highest BCUT2D eigenvalue weighted by Crippen LogP contribution is 2.43. The molecule has 2 unspecified atom stereocenters. The summed E-state index contributed by atoms with van der Waals surface area (Å²) in [4.78, 5) is 36.0. The van der Waals surface area contributed by atoms with Gasteiger partial charge >= 0.3 is 19.8 Å². The molecule has 0 aliphatic carbocycles. The first-order valence-corrected chi connectivity index (χ1v) is 40.5. The van der Waals surface area contributed by atoms with Crippen molar-refractivity contribution >= 4 is 19.8 Å². The lowest BCUT2D eigenvalue weighted by molar-refractivity contribution is -0.870. The molecule has 1 N–H and O–H groups in total. The Labute approximate surface area is 559 Å². The molecule has 10 heteroatoms. The van der Waals surface area contributed by atoms with Crippen LogP contribution in [0.2, 0.25) is 0 Å². The molecule has 0 amide bonds. The van der Waals surface area contributed by atoms with E-state index in [0.717, 1.165) is 57.8 Å². The average Bonchev–Trinajstić information content (AvgIpc) is 3.58. The highest BCUT2D eigenvalue weighted by atomic mass is 31.2. The van der Waals surface area contributed by atoms with Gasteiger partial charge in [-0.05, 0) is 77.0 Å². The molecule has 0 saturated carbocycles. The Balaban J connectivity index is 3.93. The normalized spacial score (nSPS) is 13.4. The maximum Gasteiger partial charge on any atom is 0.472 e. The fourth-order valence-electron chi connectivity index (χ4n) is 11.6. The second-order valence-electron chi connectivity index (χ2n) is 27.7. The zero-order chi connectivity index (χ0) is 65.5. The smallest absolute Gasteiger partial charge is 0.462 e. The number of likely N-dealkylation sites (N-methyl/N-ethyl adjacent to an activating group) is 1. The predicted molar refractivity (Wildman–Crippen MR) is 390 cm³/mol. The van der Waals surface area contributed by atoms with Gasteiger partial charge in [-0.25, -0.2) is 4.57 Å². The number of rotatable bonds is 73. The minimum Gasteiger partial charge on any atom is -0.462 e. The van der Waals surface area contributed by atoms with Crippen molar-refractivity contribution in [2.75, 3.05) is 47.5 Å². The number of hydrogen-bond donors (Lipinski definition) is 1. The summed E-state index contributed by atoms with van der Waals surface area (Å²) in [7, 11) is 1.50. The van der Waals surface area contributed by atoms with Gasteiger partial charge in [-0.15, -0.1) is 0 Å². The molecule has 0 bridgehead atoms. The third kappa shape index (κ3) is 74.7. The average molecular weight is 1290 g/mol. The summed E-state index contributed by atoms with van der Waals surface area (Å²) >= 11 is 0. The van der Waals surface area contributed by atoms with Gasteiger partial charge in [0.25, 0.3) is 0 Å². The first-order valence-electron chi connectivity index (χ1n) is 39.0. The van der Waals surface area contributed by atoms with Crippen LogP contribution in [0, 0.1) is 0 Å². The van der Waals surface area contributed by atoms with Crippen LogP contribution in [-0.4, -0.2) is 74.9 Å². The van der Waals surface area contributed by atoms with Crippen LogP contribution in [0.1, 0.15) is 386 Å². The number of carbonyl (C=O) groups excluding carboxylic acids is 2. The number of phosphoric ester groups is 1. The van der Waals surface area contributed by atoms with E-state index in [0.29, 0.717) is 23.9 Å². The molecule has 0 aliphatic heterocycles. The minimum absolute atomic E-state index is 0.0338. The maximum absolute atomic E-state index is 12.9. The van der Waals surface area contributed by atoms with Crippen molar-refractivity contribution in [1.82, 2.24) is 0 Å². The van der Waals surface area contributed by atoms with E-state index in [1.54, 1.807) is 0 Å². The quantitative estimate of drug-likeness (QED) is 0.0211. The van der Waals surface area contributed by atoms with E-state index in [1.807, 2.05) is 21.1 Å². The van der Waals surface area contributed by atoms with Crippen LogP contribution in [0.25, 0.3) is 0 Å². The van der Waals surface area contributed by atoms with Gasteiger partial charge in [0.15, 0.2) is 6.10 Å². The molecule has 2 atom stereocenters. The number of allylic oxidation sites excluding steroid dienone is 10. The van der Waals surface area contributed by atoms with Gasteiger partial charge in [0.1, 0.15) is 19.8 Å². The third-order valence-electron chi connectivity index (χ3n) is 17.5. The van der Waals surface area contributed by atoms with Gasteiger partial charge in [0, 0.05) is 12.8 Å². The monoisotopic (exact) mass is 1290 g/mol. The molecule has 528 valence electrons. The lowest BCUT2D eigenvalue weighted by Gasteiger charge is -2.24. The lowest BCUT2D eigenvalue weighted by Crippen LogP contribution is -2.37. The largest absolute Gasteiger partial charge is 0.472 e. The number of ether oxygens (including phenoxy) is 2. The molecule has 0 aromatic carbocycles. The molecule has 0 saturated heterocycles. The van der Waals surface area contributed by atoms with E-state index < -0.39 is 26.5 Å². The van der Waals surface area contributed by atoms with Crippen molar-refractivity contribution in [2.24, 2.45) is 0 Å². The molecule has 9 nitrogen and oxygen atoms in total. The molecule has 0 heterocycles. The van der Waals surface area contributed by atoms with Crippen LogP contribution in [0.3, 0.4) is 0 Å². The Morgan fingerprint density at radius 2 is 0.633 bits per heavy atom. The van der Waals surface area contributed by atoms with Crippen LogP contribution < -0.4 is 0 Å². The second kappa shape index (κ2) is 71.0. The molecular formula is C80H151NO8P+. The van der Waals surface area contributed by atoms with E-state index in [2.05, 4.69) is 74.6 Å². The van der Waals surface area contributed by atoms with Crippen molar-refractivity contribution in [3.05, 3.63) is 60.8 Å². The first-order chi connectivity index (χ1) is 44.0. The maximum atomic E-state index is 12.9. The Bertz CT molecular complexity index is 1700. The number of quaternary nitrogens is 1. The topological polar surface area (TPSA) is 108 Å². The van der Waals surface area contributed by atoms with Gasteiger partial charge in [-0.1, -0.05) is 357 Å². The van der Waals surface area contributed by atoms with Crippen molar-refractivity contribution in [2.45, 2.75) is 392 Å². The fraction of sp³-hybridized carbons (Fsp3) is 0.850. The van der Waals surface area contributed by atoms with E-state index in [4.69, 9.17) is 18.5 Å². The van der Waals surface area contributed by atoms with Gasteiger partial charge in [-0.2, -0.15) is 0 Å². The van der Waals surface area contributed by atoms with Crippen LogP contribution >= 0.6 is 7.82 Å². The highest BCUT2D eigenvalue weighted by molar-refractivity contribution is 7.47. The van der Waals surface area contributed by atoms with E-state index in [9.17, 15) is 19.0 Å². The Morgan fingerprint density at radius 3 is 0.956 bits per heavy atom. The summed E-state index contributed by atoms with van der Waals surface area (Å²) in [5.41, 5.74) is 0. The van der Waals surface area contributed by atoms with Crippen molar-refractivity contribution < 1.29 is 42.1 Å². The number of unbranched alkanes of at least 4 members (excludes halogenated alkanes) is 49. The molecular weight excluding hydrogens is 1130 g/mol. The van der Waals surface area contributed by atoms with Crippen molar-refractivity contribution in [3.8, 4) is 0 Å². The molecule has 0 aliphatic rings. The number of hydrogen-bond acceptors (Lipinski definition) is 7. The molecule has 90 heavy (non-hydrogen) atoms. The number of phosphoric acid groups is 1. The van der Waals surface area contributed by atoms with Gasteiger partial charge < -0.3 is 18.9 Å². The van der Waals surface area contributed by atoms with Crippen molar-refractivity contribution in [3.63, 3.8) is 0 Å². The molecule has 0 rings (SSSR count). The predicted octanol–water partition coefficient (Wildman–Crippen LogP) is 25.7. The molecule has 0 fully saturated rings. The third-order valence-corrected chi connectivity index (χ3v) is 18.5. The van der Waals surface area contributed by atoms with Crippen LogP contribution in [-0.2, 0) is 32.7 Å². The van der Waals surface area contributed by atoms with Crippen LogP contribution in [0.15, 0.2) is 60.8 Å². The van der Waals surface area contributed by atoms with E-state index in [1.165, 1.54) is 295 Å². The van der Waals surface area contributed by atoms with Gasteiger partial charge in [0.05, 0.1) is 27.7 Å². The lowest BCUT2D eigenvalue weighted by atomic mass is 10.0. The van der Waals surface area contributed by atoms with Crippen LogP contribution in [0.4, 0.5) is 0 Å². The number of carbonyl (C=O) groups is 2. The Hall–Kier alpha value is -2.29. The first kappa shape index (κ1) is 87.7. The summed E-state index contributed by atoms with van der Waals surface area (Å²) < 4.78 is 34.8. The van der Waals surface area contributed by atoms with E-state index in [-0.39, 0.29) is 25.6 Å². The summed E-state index contributed by atoms with van der Waals surface area (Å²) in [6, 6.07) is 0. The van der Waals surface area contributed by atoms with Crippen LogP contribution in [0.5, 0.6) is 0 Å². The highest BCUT2D eigenvalue weighted by Gasteiger charge is 2.27. The summed E-state index contributed by atoms with van der Waals surface area (Å²) in [5, 5.41) is 0. The molecule has 0 radical (unpaired) electrons. The summed E-state index contributed by atoms with van der Waals surface area (Å²) in [6.45, 7) is 4.39. The van der Waals surface area contributed by atoms with Gasteiger partial charge in [0.2, 0.25) is 0 Å². The zero-order valence-electron chi connectivity index (χ0n) is 60.4. The van der Waals surface area contributed by atoms with E-state index >= 15 is 0 Å². The SMILES string of the molecule is CC/C=C\C/C=C\C/C=C\C/C=C\CCCCCCCCCCCCCCCCCCCCCCC(=O)OC(COC(=O)CCCCCCCCCCCCCCCCCCCCCCC/C=C\CCCCCCCCCC)COP(=O)(O)OCC[N+](C)(C)C. The molecule has 0 aromatic rings. The van der Waals surface area contributed by atoms with Gasteiger partial charge in [-0.3, -0.25) is 18.6 Å². The summed E-state index contributed by atoms with van der Waals surface area (Å²) in [5.74, 6) is -0.775. The minimum atomic E-state index is -4.39. The fourth-order valence-corrected chi connectivity index (χ4v) is 12.3. The number of esters is 2. The van der Waals surface area contributed by atoms with Crippen molar-refractivity contribution in [1.29, 1.82) is 0 Å². The molecule has 0 aromatic heterocycles. The zero-order valence-corrected chi connectivity index (χ0v) is 61.3.